The number of carbonyl (C=O) groups is 1. The fraction of sp³-hybridized carbons (Fsp3) is 0.150. The van der Waals surface area contributed by atoms with Crippen LogP contribution in [0, 0.1) is 19.3 Å². The first-order valence-electron chi connectivity index (χ1n) is 8.12. The van der Waals surface area contributed by atoms with E-state index in [4.69, 9.17) is 20.9 Å². The minimum Gasteiger partial charge on any atom is -0.494 e. The van der Waals surface area contributed by atoms with Crippen molar-refractivity contribution < 1.29 is 9.53 Å². The summed E-state index contributed by atoms with van der Waals surface area (Å²) in [5, 5.41) is 10.4. The van der Waals surface area contributed by atoms with Crippen LogP contribution in [0.5, 0.6) is 5.75 Å². The van der Waals surface area contributed by atoms with E-state index in [2.05, 4.69) is 5.32 Å². The predicted molar refractivity (Wildman–Crippen MR) is 103 cm³/mol. The minimum absolute atomic E-state index is 0.403. The van der Waals surface area contributed by atoms with Crippen LogP contribution in [0.3, 0.4) is 0 Å². The molecule has 0 spiro atoms. The summed E-state index contributed by atoms with van der Waals surface area (Å²) in [4.78, 5) is 17.5. The first kappa shape index (κ1) is 17.4. The number of aromatic nitrogens is 1. The van der Waals surface area contributed by atoms with Gasteiger partial charge in [-0.2, -0.15) is 0 Å². The van der Waals surface area contributed by atoms with Crippen molar-refractivity contribution in [3.05, 3.63) is 59.2 Å². The maximum Gasteiger partial charge on any atom is 0.258 e. The van der Waals surface area contributed by atoms with Crippen molar-refractivity contribution in [3.8, 4) is 17.0 Å². The molecule has 4 N–H and O–H groups in total. The second kappa shape index (κ2) is 6.84. The number of amides is 1. The number of pyridine rings is 1. The first-order chi connectivity index (χ1) is 12.4. The van der Waals surface area contributed by atoms with Gasteiger partial charge in [0.2, 0.25) is 0 Å². The number of hydrogen-bond acceptors (Lipinski definition) is 4. The van der Waals surface area contributed by atoms with E-state index in [0.29, 0.717) is 27.9 Å². The van der Waals surface area contributed by atoms with Crippen LogP contribution < -0.4 is 15.8 Å². The molecule has 0 radical (unpaired) electrons. The SMILES string of the molecule is COc1ccc(C)c2c(C(=O)NC(=N)N)cc(-c3ccccc3C)nc12. The number of ether oxygens (including phenoxy) is 1. The van der Waals surface area contributed by atoms with E-state index < -0.39 is 11.9 Å². The molecule has 3 aromatic rings. The van der Waals surface area contributed by atoms with E-state index in [0.717, 1.165) is 16.7 Å². The van der Waals surface area contributed by atoms with Gasteiger partial charge in [0.25, 0.3) is 5.91 Å². The van der Waals surface area contributed by atoms with E-state index in [-0.39, 0.29) is 0 Å². The molecule has 0 unspecified atom stereocenters. The smallest absolute Gasteiger partial charge is 0.258 e. The zero-order valence-electron chi connectivity index (χ0n) is 14.9. The number of nitrogens with two attached hydrogens (primary N) is 1. The van der Waals surface area contributed by atoms with Crippen LogP contribution in [0.15, 0.2) is 42.5 Å². The van der Waals surface area contributed by atoms with Crippen LogP contribution in [0.1, 0.15) is 21.5 Å². The van der Waals surface area contributed by atoms with Crippen LogP contribution >= 0.6 is 0 Å². The molecule has 1 heterocycles. The van der Waals surface area contributed by atoms with Gasteiger partial charge >= 0.3 is 0 Å². The summed E-state index contributed by atoms with van der Waals surface area (Å²) in [6.45, 7) is 3.89. The molecule has 0 aliphatic rings. The second-order valence-electron chi connectivity index (χ2n) is 6.05. The zero-order chi connectivity index (χ0) is 18.8. The molecule has 0 aliphatic carbocycles. The maximum atomic E-state index is 12.7. The molecule has 0 fully saturated rings. The molecule has 0 bridgehead atoms. The van der Waals surface area contributed by atoms with E-state index in [9.17, 15) is 4.79 Å². The van der Waals surface area contributed by atoms with Crippen molar-refractivity contribution in [2.45, 2.75) is 13.8 Å². The van der Waals surface area contributed by atoms with Crippen LogP contribution in [-0.4, -0.2) is 24.0 Å². The lowest BCUT2D eigenvalue weighted by molar-refractivity contribution is 0.0978. The van der Waals surface area contributed by atoms with Crippen molar-refractivity contribution in [2.75, 3.05) is 7.11 Å². The number of nitrogens with zero attached hydrogens (tertiary/aromatic N) is 1. The highest BCUT2D eigenvalue weighted by atomic mass is 16.5. The molecule has 1 aromatic heterocycles. The van der Waals surface area contributed by atoms with Crippen molar-refractivity contribution in [3.63, 3.8) is 0 Å². The van der Waals surface area contributed by atoms with E-state index >= 15 is 0 Å². The van der Waals surface area contributed by atoms with Gasteiger partial charge in [0.15, 0.2) is 5.96 Å². The number of nitrogens with one attached hydrogen (secondary N) is 2. The molecule has 2 aromatic carbocycles. The number of fused-ring (bicyclic) bond motifs is 1. The minimum atomic E-state index is -0.448. The number of guanidine groups is 1. The van der Waals surface area contributed by atoms with Crippen molar-refractivity contribution in [1.29, 1.82) is 5.41 Å². The Bertz CT molecular complexity index is 1030. The van der Waals surface area contributed by atoms with Crippen LogP contribution in [0.2, 0.25) is 0 Å². The van der Waals surface area contributed by atoms with Gasteiger partial charge in [-0.05, 0) is 37.1 Å². The fourth-order valence-electron chi connectivity index (χ4n) is 3.02. The van der Waals surface area contributed by atoms with E-state index in [1.807, 2.05) is 50.2 Å². The van der Waals surface area contributed by atoms with Gasteiger partial charge in [-0.1, -0.05) is 30.3 Å². The molecule has 132 valence electrons. The number of benzene rings is 2. The summed E-state index contributed by atoms with van der Waals surface area (Å²) in [6.07, 6.45) is 0. The zero-order valence-corrected chi connectivity index (χ0v) is 14.9. The normalized spacial score (nSPS) is 10.6. The van der Waals surface area contributed by atoms with Crippen molar-refractivity contribution >= 4 is 22.8 Å². The lowest BCUT2D eigenvalue weighted by Crippen LogP contribution is -2.35. The van der Waals surface area contributed by atoms with Crippen LogP contribution in [0.4, 0.5) is 0 Å². The Morgan fingerprint density at radius 3 is 2.54 bits per heavy atom. The number of hydrogen-bond donors (Lipinski definition) is 3. The molecule has 0 saturated carbocycles. The quantitative estimate of drug-likeness (QED) is 0.500. The Hall–Kier alpha value is -3.41. The number of rotatable bonds is 3. The Labute approximate surface area is 151 Å². The highest BCUT2D eigenvalue weighted by molar-refractivity contribution is 6.13. The van der Waals surface area contributed by atoms with Crippen molar-refractivity contribution in [1.82, 2.24) is 10.3 Å². The lowest BCUT2D eigenvalue weighted by atomic mass is 9.98. The molecule has 0 atom stereocenters. The summed E-state index contributed by atoms with van der Waals surface area (Å²) in [7, 11) is 1.57. The van der Waals surface area contributed by atoms with Gasteiger partial charge in [-0.3, -0.25) is 15.5 Å². The Kier molecular flexibility index (Phi) is 4.58. The monoisotopic (exact) mass is 348 g/mol. The number of methoxy groups -OCH3 is 1. The van der Waals surface area contributed by atoms with Gasteiger partial charge in [-0.15, -0.1) is 0 Å². The van der Waals surface area contributed by atoms with Crippen LogP contribution in [-0.2, 0) is 0 Å². The standard InChI is InChI=1S/C20H20N4O2/c1-11-6-4-5-7-13(11)15-10-14(19(25)24-20(21)22)17-12(2)8-9-16(26-3)18(17)23-15/h4-10H,1-3H3,(H4,21,22,24,25). The van der Waals surface area contributed by atoms with Gasteiger partial charge < -0.3 is 10.5 Å². The first-order valence-corrected chi connectivity index (χ1v) is 8.12. The molecule has 6 nitrogen and oxygen atoms in total. The maximum absolute atomic E-state index is 12.7. The molecule has 6 heteroatoms. The van der Waals surface area contributed by atoms with Crippen molar-refractivity contribution in [2.24, 2.45) is 5.73 Å². The third kappa shape index (κ3) is 3.09. The summed E-state index contributed by atoms with van der Waals surface area (Å²) in [5.74, 6) is -0.271. The number of carbonyl (C=O) groups excluding carboxylic acids is 1. The average molecular weight is 348 g/mol. The largest absolute Gasteiger partial charge is 0.494 e. The summed E-state index contributed by atoms with van der Waals surface area (Å²) in [6, 6.07) is 13.3. The Morgan fingerprint density at radius 1 is 1.15 bits per heavy atom. The van der Waals surface area contributed by atoms with E-state index in [1.165, 1.54) is 0 Å². The third-order valence-corrected chi connectivity index (χ3v) is 4.27. The Morgan fingerprint density at radius 2 is 1.88 bits per heavy atom. The molecule has 1 amide bonds. The number of aryl methyl sites for hydroxylation is 2. The molecule has 0 aliphatic heterocycles. The summed E-state index contributed by atoms with van der Waals surface area (Å²) >= 11 is 0. The lowest BCUT2D eigenvalue weighted by Gasteiger charge is -2.15. The van der Waals surface area contributed by atoms with Gasteiger partial charge in [0, 0.05) is 10.9 Å². The van der Waals surface area contributed by atoms with Crippen LogP contribution in [0.25, 0.3) is 22.2 Å². The average Bonchev–Trinajstić information content (AvgIpc) is 2.61. The fourth-order valence-corrected chi connectivity index (χ4v) is 3.02. The Balaban J connectivity index is 2.37. The second-order valence-corrected chi connectivity index (χ2v) is 6.05. The van der Waals surface area contributed by atoms with Gasteiger partial charge in [0.1, 0.15) is 11.3 Å². The third-order valence-electron chi connectivity index (χ3n) is 4.27. The molecule has 0 saturated heterocycles. The van der Waals surface area contributed by atoms with E-state index in [1.54, 1.807) is 13.2 Å². The molecule has 26 heavy (non-hydrogen) atoms. The summed E-state index contributed by atoms with van der Waals surface area (Å²) in [5.41, 5.74) is 9.87. The molecular formula is C20H20N4O2. The molecule has 3 rings (SSSR count). The predicted octanol–water partition coefficient (Wildman–Crippen LogP) is 3.15. The highest BCUT2D eigenvalue weighted by Gasteiger charge is 2.19. The van der Waals surface area contributed by atoms with Gasteiger partial charge in [-0.25, -0.2) is 4.98 Å². The van der Waals surface area contributed by atoms with Gasteiger partial charge in [0.05, 0.1) is 18.4 Å². The summed E-state index contributed by atoms with van der Waals surface area (Å²) < 4.78 is 5.46. The topological polar surface area (TPSA) is 101 Å². The highest BCUT2D eigenvalue weighted by Crippen LogP contribution is 2.33. The molecular weight excluding hydrogens is 328 g/mol.